The molecule has 0 saturated heterocycles. The number of halogens is 1. The summed E-state index contributed by atoms with van der Waals surface area (Å²) in [6.07, 6.45) is 8.78. The Bertz CT molecular complexity index is 632. The van der Waals surface area contributed by atoms with Crippen molar-refractivity contribution < 1.29 is 0 Å². The summed E-state index contributed by atoms with van der Waals surface area (Å²) in [6.45, 7) is 0. The molecule has 5 heteroatoms. The minimum absolute atomic E-state index is 0.271. The molecule has 0 amide bonds. The van der Waals surface area contributed by atoms with Crippen LogP contribution in [-0.2, 0) is 12.8 Å². The number of aromatic amines is 1. The first kappa shape index (κ1) is 13.3. The molecule has 1 atom stereocenters. The zero-order chi connectivity index (χ0) is 14.2. The maximum Gasteiger partial charge on any atom is 0.156 e. The van der Waals surface area contributed by atoms with E-state index in [-0.39, 0.29) is 5.92 Å². The zero-order valence-electron chi connectivity index (χ0n) is 12.0. The molecular formula is C16H19ClN4. The van der Waals surface area contributed by atoms with E-state index in [0.717, 1.165) is 36.0 Å². The third-order valence-corrected chi connectivity index (χ3v) is 5.41. The quantitative estimate of drug-likeness (QED) is 0.941. The van der Waals surface area contributed by atoms with Gasteiger partial charge in [0.1, 0.15) is 0 Å². The van der Waals surface area contributed by atoms with Crippen LogP contribution in [0.1, 0.15) is 60.5 Å². The van der Waals surface area contributed by atoms with Crippen molar-refractivity contribution in [3.63, 3.8) is 0 Å². The van der Waals surface area contributed by atoms with E-state index >= 15 is 0 Å². The van der Waals surface area contributed by atoms with Crippen LogP contribution < -0.4 is 0 Å². The average Bonchev–Trinajstić information content (AvgIpc) is 3.18. The van der Waals surface area contributed by atoms with Gasteiger partial charge in [-0.05, 0) is 58.4 Å². The van der Waals surface area contributed by atoms with Crippen LogP contribution >= 0.6 is 11.6 Å². The van der Waals surface area contributed by atoms with Crippen LogP contribution in [0.2, 0.25) is 5.02 Å². The Hall–Kier alpha value is -1.42. The maximum atomic E-state index is 6.55. The van der Waals surface area contributed by atoms with Crippen LogP contribution in [0.15, 0.2) is 12.1 Å². The van der Waals surface area contributed by atoms with Gasteiger partial charge < -0.3 is 0 Å². The molecule has 1 N–H and O–H groups in total. The molecular weight excluding hydrogens is 284 g/mol. The van der Waals surface area contributed by atoms with Gasteiger partial charge in [-0.2, -0.15) is 0 Å². The normalized spacial score (nSPS) is 21.9. The zero-order valence-corrected chi connectivity index (χ0v) is 12.7. The summed E-state index contributed by atoms with van der Waals surface area (Å²) in [5.41, 5.74) is 4.06. The molecule has 1 saturated carbocycles. The molecule has 1 aromatic heterocycles. The Morgan fingerprint density at radius 3 is 2.81 bits per heavy atom. The second-order valence-corrected chi connectivity index (χ2v) is 6.78. The third kappa shape index (κ3) is 2.46. The Kier molecular flexibility index (Phi) is 3.42. The number of nitrogens with one attached hydrogen (secondary N) is 1. The van der Waals surface area contributed by atoms with Crippen molar-refractivity contribution in [2.75, 3.05) is 0 Å². The molecule has 4 rings (SSSR count). The summed E-state index contributed by atoms with van der Waals surface area (Å²) < 4.78 is 0. The van der Waals surface area contributed by atoms with Gasteiger partial charge in [-0.1, -0.05) is 43.4 Å². The number of tetrazole rings is 1. The molecule has 2 aliphatic rings. The molecule has 1 heterocycles. The largest absolute Gasteiger partial charge is 0.242 e. The summed E-state index contributed by atoms with van der Waals surface area (Å²) >= 11 is 6.55. The lowest BCUT2D eigenvalue weighted by Gasteiger charge is -2.14. The van der Waals surface area contributed by atoms with Crippen LogP contribution in [0.4, 0.5) is 0 Å². The highest BCUT2D eigenvalue weighted by molar-refractivity contribution is 6.31. The maximum absolute atomic E-state index is 6.55. The number of hydrogen-bond acceptors (Lipinski definition) is 3. The van der Waals surface area contributed by atoms with Crippen LogP contribution in [0.5, 0.6) is 0 Å². The van der Waals surface area contributed by atoms with Gasteiger partial charge in [0.25, 0.3) is 0 Å². The van der Waals surface area contributed by atoms with E-state index in [1.165, 1.54) is 42.4 Å². The van der Waals surface area contributed by atoms with Crippen molar-refractivity contribution in [2.45, 2.75) is 50.9 Å². The molecule has 0 spiro atoms. The number of fused-ring (bicyclic) bond motifs is 1. The molecule has 0 aliphatic heterocycles. The average molecular weight is 303 g/mol. The Morgan fingerprint density at radius 2 is 2.05 bits per heavy atom. The van der Waals surface area contributed by atoms with E-state index in [1.54, 1.807) is 0 Å². The lowest BCUT2D eigenvalue weighted by atomic mass is 9.94. The van der Waals surface area contributed by atoms with Crippen LogP contribution in [0.3, 0.4) is 0 Å². The van der Waals surface area contributed by atoms with Gasteiger partial charge in [-0.3, -0.25) is 0 Å². The van der Waals surface area contributed by atoms with E-state index in [1.807, 2.05) is 0 Å². The van der Waals surface area contributed by atoms with Gasteiger partial charge in [0.05, 0.1) is 0 Å². The molecule has 1 unspecified atom stereocenters. The Morgan fingerprint density at radius 1 is 1.19 bits per heavy atom. The van der Waals surface area contributed by atoms with E-state index in [2.05, 4.69) is 32.8 Å². The minimum atomic E-state index is 0.271. The van der Waals surface area contributed by atoms with Crippen LogP contribution in [0.25, 0.3) is 0 Å². The van der Waals surface area contributed by atoms with Crippen molar-refractivity contribution in [3.8, 4) is 0 Å². The number of aromatic nitrogens is 4. The fourth-order valence-electron chi connectivity index (χ4n) is 3.96. The first-order chi connectivity index (χ1) is 10.3. The fourth-order valence-corrected chi connectivity index (χ4v) is 4.21. The summed E-state index contributed by atoms with van der Waals surface area (Å²) in [5.74, 6) is 1.96. The minimum Gasteiger partial charge on any atom is -0.242 e. The summed E-state index contributed by atoms with van der Waals surface area (Å²) in [6, 6.07) is 4.49. The highest BCUT2D eigenvalue weighted by Crippen LogP contribution is 2.40. The van der Waals surface area contributed by atoms with Crippen molar-refractivity contribution in [3.05, 3.63) is 39.7 Å². The van der Waals surface area contributed by atoms with Gasteiger partial charge in [-0.25, -0.2) is 5.10 Å². The molecule has 0 bridgehead atoms. The highest BCUT2D eigenvalue weighted by atomic mass is 35.5. The number of H-pyrrole nitrogens is 1. The van der Waals surface area contributed by atoms with Crippen molar-refractivity contribution in [1.29, 1.82) is 0 Å². The Balaban J connectivity index is 1.63. The number of aryl methyl sites for hydroxylation is 1. The van der Waals surface area contributed by atoms with Gasteiger partial charge in [0, 0.05) is 10.9 Å². The van der Waals surface area contributed by atoms with Gasteiger partial charge in [0.2, 0.25) is 0 Å². The lowest BCUT2D eigenvalue weighted by molar-refractivity contribution is 0.546. The Labute approximate surface area is 129 Å². The van der Waals surface area contributed by atoms with Crippen LogP contribution in [-0.4, -0.2) is 20.6 Å². The lowest BCUT2D eigenvalue weighted by Crippen LogP contribution is -2.02. The predicted molar refractivity (Wildman–Crippen MR) is 81.5 cm³/mol. The molecule has 110 valence electrons. The predicted octanol–water partition coefficient (Wildman–Crippen LogP) is 3.66. The fraction of sp³-hybridized carbons (Fsp3) is 0.562. The number of hydrogen-bond donors (Lipinski definition) is 1. The molecule has 2 aliphatic carbocycles. The molecule has 21 heavy (non-hydrogen) atoms. The van der Waals surface area contributed by atoms with E-state index in [4.69, 9.17) is 11.6 Å². The van der Waals surface area contributed by atoms with Crippen molar-refractivity contribution in [2.24, 2.45) is 5.92 Å². The SMILES string of the molecule is Clc1cc2c(cc1CC1CCCC1)CCC2c1nnn[nH]1. The number of nitrogens with zero attached hydrogens (tertiary/aromatic N) is 3. The highest BCUT2D eigenvalue weighted by Gasteiger charge is 2.28. The number of benzene rings is 1. The summed E-state index contributed by atoms with van der Waals surface area (Å²) in [5, 5.41) is 15.3. The molecule has 1 fully saturated rings. The van der Waals surface area contributed by atoms with Crippen molar-refractivity contribution >= 4 is 11.6 Å². The van der Waals surface area contributed by atoms with Crippen molar-refractivity contribution in [1.82, 2.24) is 20.6 Å². The second-order valence-electron chi connectivity index (χ2n) is 6.37. The monoisotopic (exact) mass is 302 g/mol. The van der Waals surface area contributed by atoms with Crippen LogP contribution in [0, 0.1) is 5.92 Å². The van der Waals surface area contributed by atoms with Gasteiger partial charge >= 0.3 is 0 Å². The number of rotatable bonds is 3. The topological polar surface area (TPSA) is 54.5 Å². The van der Waals surface area contributed by atoms with E-state index < -0.39 is 0 Å². The second kappa shape index (κ2) is 5.41. The first-order valence-corrected chi connectivity index (χ1v) is 8.24. The first-order valence-electron chi connectivity index (χ1n) is 7.86. The van der Waals surface area contributed by atoms with Gasteiger partial charge in [0.15, 0.2) is 5.82 Å². The molecule has 1 aromatic carbocycles. The third-order valence-electron chi connectivity index (χ3n) is 5.06. The molecule has 0 radical (unpaired) electrons. The summed E-state index contributed by atoms with van der Waals surface area (Å²) in [7, 11) is 0. The van der Waals surface area contributed by atoms with Gasteiger partial charge in [-0.15, -0.1) is 5.10 Å². The molecule has 4 nitrogen and oxygen atoms in total. The molecule has 2 aromatic rings. The standard InChI is InChI=1S/C16H19ClN4/c17-15-9-14-11(5-6-13(14)16-18-20-21-19-16)8-12(15)7-10-3-1-2-4-10/h8-10,13H,1-7H2,(H,18,19,20,21). The van der Waals surface area contributed by atoms with E-state index in [9.17, 15) is 0 Å². The van der Waals surface area contributed by atoms with E-state index in [0.29, 0.717) is 0 Å². The smallest absolute Gasteiger partial charge is 0.156 e. The summed E-state index contributed by atoms with van der Waals surface area (Å²) in [4.78, 5) is 0.